The van der Waals surface area contributed by atoms with Crippen LogP contribution in [-0.2, 0) is 0 Å². The number of carbonyl (C=O) groups is 1. The van der Waals surface area contributed by atoms with Crippen molar-refractivity contribution in [2.45, 2.75) is 51.1 Å². The molecule has 1 saturated carbocycles. The Labute approximate surface area is 121 Å². The number of amidine groups is 1. The lowest BCUT2D eigenvalue weighted by Gasteiger charge is -2.38. The normalized spacial score (nSPS) is 23.4. The lowest BCUT2D eigenvalue weighted by atomic mass is 9.96. The maximum absolute atomic E-state index is 12.2. The maximum Gasteiger partial charge on any atom is 0.317 e. The van der Waals surface area contributed by atoms with Crippen molar-refractivity contribution in [2.24, 2.45) is 5.73 Å². The van der Waals surface area contributed by atoms with Crippen LogP contribution in [0.3, 0.4) is 0 Å². The molecule has 6 heteroatoms. The van der Waals surface area contributed by atoms with Gasteiger partial charge in [0.15, 0.2) is 0 Å². The molecule has 6 nitrogen and oxygen atoms in total. The van der Waals surface area contributed by atoms with Crippen LogP contribution in [0.5, 0.6) is 0 Å². The third kappa shape index (κ3) is 3.85. The summed E-state index contributed by atoms with van der Waals surface area (Å²) in [5.74, 6) is 0.199. The molecule has 1 aliphatic carbocycles. The third-order valence-corrected chi connectivity index (χ3v) is 4.53. The van der Waals surface area contributed by atoms with E-state index in [1.54, 1.807) is 0 Å². The predicted octanol–water partition coefficient (Wildman–Crippen LogP) is 0.971. The minimum Gasteiger partial charge on any atom is -0.386 e. The van der Waals surface area contributed by atoms with E-state index >= 15 is 0 Å². The summed E-state index contributed by atoms with van der Waals surface area (Å²) in [5, 5.41) is 10.6. The molecular formula is C14H27N5O. The first kappa shape index (κ1) is 15.1. The van der Waals surface area contributed by atoms with Crippen LogP contribution in [0.15, 0.2) is 0 Å². The standard InChI is InChI=1S/C14H27N5O/c1-11(13(15)16)18-7-9-19(10-8-18)14(20)17-12-5-3-2-4-6-12/h11-12H,2-10H2,1H3,(H3,15,16)(H,17,20). The van der Waals surface area contributed by atoms with E-state index in [1.165, 1.54) is 19.3 Å². The Morgan fingerprint density at radius 2 is 1.80 bits per heavy atom. The van der Waals surface area contributed by atoms with Crippen molar-refractivity contribution in [3.8, 4) is 0 Å². The average Bonchev–Trinajstić information content (AvgIpc) is 2.47. The lowest BCUT2D eigenvalue weighted by Crippen LogP contribution is -2.56. The largest absolute Gasteiger partial charge is 0.386 e. The van der Waals surface area contributed by atoms with Crippen molar-refractivity contribution in [1.29, 1.82) is 5.41 Å². The van der Waals surface area contributed by atoms with E-state index < -0.39 is 0 Å². The molecule has 2 rings (SSSR count). The number of nitrogens with two attached hydrogens (primary N) is 1. The third-order valence-electron chi connectivity index (χ3n) is 4.53. The average molecular weight is 281 g/mol. The summed E-state index contributed by atoms with van der Waals surface area (Å²) in [6.45, 7) is 4.96. The van der Waals surface area contributed by atoms with E-state index in [1.807, 2.05) is 11.8 Å². The van der Waals surface area contributed by atoms with Crippen LogP contribution in [0.2, 0.25) is 0 Å². The van der Waals surface area contributed by atoms with Crippen molar-refractivity contribution in [3.05, 3.63) is 0 Å². The fourth-order valence-corrected chi connectivity index (χ4v) is 3.02. The number of carbonyl (C=O) groups excluding carboxylic acids is 1. The fourth-order valence-electron chi connectivity index (χ4n) is 3.02. The summed E-state index contributed by atoms with van der Waals surface area (Å²) in [6, 6.07) is 0.413. The lowest BCUT2D eigenvalue weighted by molar-refractivity contribution is 0.128. The van der Waals surface area contributed by atoms with Crippen LogP contribution < -0.4 is 11.1 Å². The Kier molecular flexibility index (Phi) is 5.23. The molecule has 2 amide bonds. The van der Waals surface area contributed by atoms with Crippen molar-refractivity contribution in [3.63, 3.8) is 0 Å². The highest BCUT2D eigenvalue weighted by atomic mass is 16.2. The van der Waals surface area contributed by atoms with Crippen LogP contribution in [-0.4, -0.2) is 59.9 Å². The second kappa shape index (κ2) is 6.92. The van der Waals surface area contributed by atoms with Gasteiger partial charge in [-0.15, -0.1) is 0 Å². The minimum absolute atomic E-state index is 0.0291. The molecule has 20 heavy (non-hydrogen) atoms. The topological polar surface area (TPSA) is 85.5 Å². The summed E-state index contributed by atoms with van der Waals surface area (Å²) < 4.78 is 0. The Bertz CT molecular complexity index is 345. The minimum atomic E-state index is -0.0291. The van der Waals surface area contributed by atoms with Gasteiger partial charge >= 0.3 is 6.03 Å². The van der Waals surface area contributed by atoms with Crippen molar-refractivity contribution in [2.75, 3.05) is 26.2 Å². The van der Waals surface area contributed by atoms with E-state index in [9.17, 15) is 4.79 Å². The number of urea groups is 1. The van der Waals surface area contributed by atoms with Gasteiger partial charge in [-0.1, -0.05) is 19.3 Å². The van der Waals surface area contributed by atoms with Crippen LogP contribution in [0.25, 0.3) is 0 Å². The molecule has 1 saturated heterocycles. The number of nitrogens with zero attached hydrogens (tertiary/aromatic N) is 2. The summed E-state index contributed by atoms with van der Waals surface area (Å²) in [7, 11) is 0. The first-order valence-corrected chi connectivity index (χ1v) is 7.71. The van der Waals surface area contributed by atoms with E-state index in [0.717, 1.165) is 39.0 Å². The summed E-state index contributed by atoms with van der Waals surface area (Å²) in [6.07, 6.45) is 6.00. The van der Waals surface area contributed by atoms with Gasteiger partial charge in [0.1, 0.15) is 5.84 Å². The highest BCUT2D eigenvalue weighted by Gasteiger charge is 2.26. The van der Waals surface area contributed by atoms with E-state index in [0.29, 0.717) is 6.04 Å². The molecule has 4 N–H and O–H groups in total. The van der Waals surface area contributed by atoms with Gasteiger partial charge in [0.2, 0.25) is 0 Å². The van der Waals surface area contributed by atoms with Gasteiger partial charge in [-0.3, -0.25) is 10.3 Å². The SMILES string of the molecule is CC(C(=N)N)N1CCN(C(=O)NC2CCCCC2)CC1. The Hall–Kier alpha value is -1.30. The van der Waals surface area contributed by atoms with Gasteiger partial charge in [-0.2, -0.15) is 0 Å². The molecule has 1 unspecified atom stereocenters. The van der Waals surface area contributed by atoms with Gasteiger partial charge in [0.25, 0.3) is 0 Å². The monoisotopic (exact) mass is 281 g/mol. The van der Waals surface area contributed by atoms with Gasteiger partial charge in [-0.05, 0) is 19.8 Å². The molecule has 0 aromatic heterocycles. The predicted molar refractivity (Wildman–Crippen MR) is 79.9 cm³/mol. The van der Waals surface area contributed by atoms with E-state index in [4.69, 9.17) is 11.1 Å². The van der Waals surface area contributed by atoms with E-state index in [-0.39, 0.29) is 17.9 Å². The zero-order chi connectivity index (χ0) is 14.5. The molecule has 0 spiro atoms. The number of nitrogens with one attached hydrogen (secondary N) is 2. The molecule has 1 aliphatic heterocycles. The molecule has 1 heterocycles. The smallest absolute Gasteiger partial charge is 0.317 e. The number of amides is 2. The molecule has 0 radical (unpaired) electrons. The highest BCUT2D eigenvalue weighted by molar-refractivity contribution is 5.82. The Morgan fingerprint density at radius 3 is 2.35 bits per heavy atom. The van der Waals surface area contributed by atoms with Crippen LogP contribution in [0, 0.1) is 5.41 Å². The molecule has 0 aromatic rings. The quantitative estimate of drug-likeness (QED) is 0.532. The summed E-state index contributed by atoms with van der Waals surface area (Å²) in [4.78, 5) is 16.3. The van der Waals surface area contributed by atoms with Crippen LogP contribution >= 0.6 is 0 Å². The number of rotatable bonds is 3. The second-order valence-electron chi connectivity index (χ2n) is 5.94. The zero-order valence-corrected chi connectivity index (χ0v) is 12.4. The summed E-state index contributed by atoms with van der Waals surface area (Å²) >= 11 is 0. The van der Waals surface area contributed by atoms with Gasteiger partial charge in [0, 0.05) is 32.2 Å². The molecule has 114 valence electrons. The number of piperazine rings is 1. The van der Waals surface area contributed by atoms with Crippen molar-refractivity contribution >= 4 is 11.9 Å². The molecule has 0 bridgehead atoms. The molecule has 1 atom stereocenters. The Balaban J connectivity index is 1.75. The maximum atomic E-state index is 12.2. The van der Waals surface area contributed by atoms with Gasteiger partial charge < -0.3 is 16.0 Å². The van der Waals surface area contributed by atoms with E-state index in [2.05, 4.69) is 10.2 Å². The number of hydrogen-bond acceptors (Lipinski definition) is 3. The zero-order valence-electron chi connectivity index (χ0n) is 12.4. The van der Waals surface area contributed by atoms with Crippen molar-refractivity contribution < 1.29 is 4.79 Å². The molecule has 2 aliphatic rings. The number of hydrogen-bond donors (Lipinski definition) is 3. The van der Waals surface area contributed by atoms with Gasteiger partial charge in [0.05, 0.1) is 6.04 Å². The Morgan fingerprint density at radius 1 is 1.20 bits per heavy atom. The summed E-state index contributed by atoms with van der Waals surface area (Å²) in [5.41, 5.74) is 5.53. The highest BCUT2D eigenvalue weighted by Crippen LogP contribution is 2.17. The van der Waals surface area contributed by atoms with Crippen molar-refractivity contribution in [1.82, 2.24) is 15.1 Å². The second-order valence-corrected chi connectivity index (χ2v) is 5.94. The molecule has 2 fully saturated rings. The molecular weight excluding hydrogens is 254 g/mol. The fraction of sp³-hybridized carbons (Fsp3) is 0.857. The van der Waals surface area contributed by atoms with Crippen LogP contribution in [0.1, 0.15) is 39.0 Å². The first-order valence-electron chi connectivity index (χ1n) is 7.71. The van der Waals surface area contributed by atoms with Gasteiger partial charge in [-0.25, -0.2) is 4.79 Å². The van der Waals surface area contributed by atoms with Crippen LogP contribution in [0.4, 0.5) is 4.79 Å². The molecule has 0 aromatic carbocycles. The first-order chi connectivity index (χ1) is 9.58.